The Bertz CT molecular complexity index is 727. The lowest BCUT2D eigenvalue weighted by Crippen LogP contribution is -2.10. The third-order valence-corrected chi connectivity index (χ3v) is 3.40. The molecule has 8 heteroatoms. The summed E-state index contributed by atoms with van der Waals surface area (Å²) in [6.07, 6.45) is 1.36. The summed E-state index contributed by atoms with van der Waals surface area (Å²) in [5, 5.41) is 11.0. The number of hydrogen-bond acceptors (Lipinski definition) is 4. The first kappa shape index (κ1) is 14.8. The predicted molar refractivity (Wildman–Crippen MR) is 82.2 cm³/mol. The van der Waals surface area contributed by atoms with Gasteiger partial charge in [0.25, 0.3) is 5.56 Å². The van der Waals surface area contributed by atoms with Gasteiger partial charge in [-0.05, 0) is 25.1 Å². The topological polar surface area (TPSA) is 70.1 Å². The molecule has 0 unspecified atom stereocenters. The lowest BCUT2D eigenvalue weighted by Gasteiger charge is -2.06. The molecule has 0 fully saturated rings. The molecular weight excluding hydrogens is 323 g/mol. The van der Waals surface area contributed by atoms with E-state index in [1.807, 2.05) is 0 Å². The number of nitrogens with zero attached hydrogens (tertiary/aromatic N) is 2. The van der Waals surface area contributed by atoms with Crippen LogP contribution < -0.4 is 11.0 Å². The maximum Gasteiger partial charge on any atom is 0.285 e. The van der Waals surface area contributed by atoms with Crippen LogP contribution in [0.4, 0.5) is 5.69 Å². The number of H-pyrrole nitrogens is 1. The van der Waals surface area contributed by atoms with Crippen molar-refractivity contribution in [1.29, 1.82) is 0 Å². The molecule has 0 saturated heterocycles. The van der Waals surface area contributed by atoms with Crippen molar-refractivity contribution in [2.45, 2.75) is 6.92 Å². The average Bonchev–Trinajstić information content (AvgIpc) is 2.43. The summed E-state index contributed by atoms with van der Waals surface area (Å²) in [7, 11) is 0. The summed E-state index contributed by atoms with van der Waals surface area (Å²) in [4.78, 5) is 11.3. The number of halogens is 3. The molecule has 0 aliphatic carbocycles. The molecule has 0 bridgehead atoms. The van der Waals surface area contributed by atoms with Gasteiger partial charge in [0.15, 0.2) is 0 Å². The van der Waals surface area contributed by atoms with Crippen LogP contribution in [0.15, 0.2) is 34.3 Å². The summed E-state index contributed by atoms with van der Waals surface area (Å²) in [5.74, 6) is 0. The van der Waals surface area contributed by atoms with E-state index < -0.39 is 5.56 Å². The van der Waals surface area contributed by atoms with E-state index in [1.54, 1.807) is 25.1 Å². The normalized spacial score (nSPS) is 11.5. The molecule has 0 atom stereocenters. The number of benzene rings is 1. The maximum atomic E-state index is 11.3. The van der Waals surface area contributed by atoms with E-state index in [4.69, 9.17) is 34.8 Å². The number of nitrogens with one attached hydrogen (secondary N) is 2. The Balaban J connectivity index is 2.29. The molecule has 0 amide bonds. The summed E-state index contributed by atoms with van der Waals surface area (Å²) in [5.41, 5.74) is 3.75. The van der Waals surface area contributed by atoms with Crippen LogP contribution in [0.3, 0.4) is 0 Å². The molecular formula is C12H9Cl3N4O. The van der Waals surface area contributed by atoms with Crippen molar-refractivity contribution in [2.24, 2.45) is 5.10 Å². The highest BCUT2D eigenvalue weighted by molar-refractivity contribution is 6.36. The SMILES string of the molecule is C/C(=N/Nc1cn[nH]c(=O)c1Cl)c1cc(Cl)ccc1Cl. The standard InChI is InChI=1S/C12H9Cl3N4O/c1-6(8-4-7(13)2-3-9(8)14)17-18-10-5-16-19-12(20)11(10)15/h2-5H,1H3,(H2,18,19,20)/b17-6-. The van der Waals surface area contributed by atoms with Crippen LogP contribution in [0.1, 0.15) is 12.5 Å². The number of rotatable bonds is 3. The van der Waals surface area contributed by atoms with Gasteiger partial charge in [0, 0.05) is 15.6 Å². The molecule has 0 saturated carbocycles. The molecule has 1 aromatic heterocycles. The van der Waals surface area contributed by atoms with Gasteiger partial charge in [-0.25, -0.2) is 5.10 Å². The monoisotopic (exact) mass is 330 g/mol. The molecule has 2 aromatic rings. The molecule has 104 valence electrons. The Morgan fingerprint density at radius 2 is 2.10 bits per heavy atom. The van der Waals surface area contributed by atoms with Crippen LogP contribution in [-0.4, -0.2) is 15.9 Å². The fraction of sp³-hybridized carbons (Fsp3) is 0.0833. The second-order valence-electron chi connectivity index (χ2n) is 3.86. The lowest BCUT2D eigenvalue weighted by atomic mass is 10.1. The van der Waals surface area contributed by atoms with Crippen molar-refractivity contribution < 1.29 is 0 Å². The quantitative estimate of drug-likeness (QED) is 0.667. The van der Waals surface area contributed by atoms with E-state index in [0.29, 0.717) is 27.0 Å². The molecule has 0 aliphatic heterocycles. The zero-order chi connectivity index (χ0) is 14.7. The minimum absolute atomic E-state index is 0.0197. The van der Waals surface area contributed by atoms with Crippen LogP contribution >= 0.6 is 34.8 Å². The van der Waals surface area contributed by atoms with Gasteiger partial charge in [-0.1, -0.05) is 34.8 Å². The predicted octanol–water partition coefficient (Wildman–Crippen LogP) is 3.57. The average molecular weight is 332 g/mol. The number of anilines is 1. The number of aromatic amines is 1. The minimum atomic E-state index is -0.495. The van der Waals surface area contributed by atoms with Crippen LogP contribution in [0.25, 0.3) is 0 Å². The highest BCUT2D eigenvalue weighted by Gasteiger charge is 2.07. The Labute approximate surface area is 129 Å². The highest BCUT2D eigenvalue weighted by Crippen LogP contribution is 2.22. The van der Waals surface area contributed by atoms with Crippen molar-refractivity contribution in [2.75, 3.05) is 5.43 Å². The Morgan fingerprint density at radius 1 is 1.35 bits per heavy atom. The van der Waals surface area contributed by atoms with Gasteiger partial charge in [-0.3, -0.25) is 10.2 Å². The van der Waals surface area contributed by atoms with E-state index in [0.717, 1.165) is 0 Å². The first-order valence-electron chi connectivity index (χ1n) is 5.48. The molecule has 2 rings (SSSR count). The fourth-order valence-corrected chi connectivity index (χ4v) is 2.00. The van der Waals surface area contributed by atoms with Crippen LogP contribution in [0.2, 0.25) is 15.1 Å². The second kappa shape index (κ2) is 6.26. The summed E-state index contributed by atoms with van der Waals surface area (Å²) >= 11 is 17.8. The number of aromatic nitrogens is 2. The second-order valence-corrected chi connectivity index (χ2v) is 5.08. The van der Waals surface area contributed by atoms with Crippen LogP contribution in [-0.2, 0) is 0 Å². The van der Waals surface area contributed by atoms with E-state index in [9.17, 15) is 4.79 Å². The van der Waals surface area contributed by atoms with Crippen molar-refractivity contribution in [3.05, 3.63) is 55.4 Å². The van der Waals surface area contributed by atoms with Gasteiger partial charge in [0.05, 0.1) is 11.9 Å². The van der Waals surface area contributed by atoms with E-state index in [2.05, 4.69) is 20.7 Å². The van der Waals surface area contributed by atoms with Crippen LogP contribution in [0, 0.1) is 0 Å². The smallest absolute Gasteiger partial charge is 0.275 e. The largest absolute Gasteiger partial charge is 0.285 e. The number of hydrazone groups is 1. The maximum absolute atomic E-state index is 11.3. The fourth-order valence-electron chi connectivity index (χ4n) is 1.44. The molecule has 0 aliphatic rings. The Morgan fingerprint density at radius 3 is 2.85 bits per heavy atom. The van der Waals surface area contributed by atoms with Gasteiger partial charge in [-0.15, -0.1) is 0 Å². The van der Waals surface area contributed by atoms with Gasteiger partial charge in [0.1, 0.15) is 10.7 Å². The van der Waals surface area contributed by atoms with Gasteiger partial charge in [0.2, 0.25) is 0 Å². The Hall–Kier alpha value is -1.56. The summed E-state index contributed by atoms with van der Waals surface area (Å²) < 4.78 is 0. The molecule has 1 aromatic carbocycles. The zero-order valence-corrected chi connectivity index (χ0v) is 12.5. The molecule has 2 N–H and O–H groups in total. The zero-order valence-electron chi connectivity index (χ0n) is 10.2. The van der Waals surface area contributed by atoms with Crippen molar-refractivity contribution in [1.82, 2.24) is 10.2 Å². The van der Waals surface area contributed by atoms with E-state index >= 15 is 0 Å². The van der Waals surface area contributed by atoms with Crippen LogP contribution in [0.5, 0.6) is 0 Å². The van der Waals surface area contributed by atoms with Crippen molar-refractivity contribution in [3.63, 3.8) is 0 Å². The molecule has 1 heterocycles. The van der Waals surface area contributed by atoms with Crippen molar-refractivity contribution >= 4 is 46.2 Å². The first-order valence-corrected chi connectivity index (χ1v) is 6.61. The van der Waals surface area contributed by atoms with Gasteiger partial charge in [-0.2, -0.15) is 10.2 Å². The third-order valence-electron chi connectivity index (χ3n) is 2.46. The first-order chi connectivity index (χ1) is 9.49. The van der Waals surface area contributed by atoms with Gasteiger partial charge >= 0.3 is 0 Å². The third kappa shape index (κ3) is 3.30. The van der Waals surface area contributed by atoms with E-state index in [-0.39, 0.29) is 5.02 Å². The highest BCUT2D eigenvalue weighted by atomic mass is 35.5. The van der Waals surface area contributed by atoms with Gasteiger partial charge < -0.3 is 0 Å². The molecule has 0 radical (unpaired) electrons. The lowest BCUT2D eigenvalue weighted by molar-refractivity contribution is 0.986. The molecule has 0 spiro atoms. The van der Waals surface area contributed by atoms with Crippen molar-refractivity contribution in [3.8, 4) is 0 Å². The molecule has 20 heavy (non-hydrogen) atoms. The molecule has 5 nitrogen and oxygen atoms in total. The van der Waals surface area contributed by atoms with E-state index in [1.165, 1.54) is 6.20 Å². The summed E-state index contributed by atoms with van der Waals surface area (Å²) in [6, 6.07) is 5.06. The summed E-state index contributed by atoms with van der Waals surface area (Å²) in [6.45, 7) is 1.75. The Kier molecular flexibility index (Phi) is 4.65. The minimum Gasteiger partial charge on any atom is -0.275 e. The number of hydrogen-bond donors (Lipinski definition) is 2.